The van der Waals surface area contributed by atoms with E-state index in [4.69, 9.17) is 21.1 Å². The van der Waals surface area contributed by atoms with Gasteiger partial charge in [0.2, 0.25) is 0 Å². The monoisotopic (exact) mass is 432 g/mol. The number of halogens is 1. The summed E-state index contributed by atoms with van der Waals surface area (Å²) in [7, 11) is 0. The van der Waals surface area contributed by atoms with Crippen molar-refractivity contribution < 1.29 is 9.47 Å². The molecule has 0 radical (unpaired) electrons. The molecule has 11 atom stereocenters. The van der Waals surface area contributed by atoms with E-state index in [9.17, 15) is 0 Å². The Labute approximate surface area is 188 Å². The molecule has 0 aromatic carbocycles. The Morgan fingerprint density at radius 2 is 1.87 bits per heavy atom. The Morgan fingerprint density at radius 3 is 2.63 bits per heavy atom. The lowest BCUT2D eigenvalue weighted by molar-refractivity contribution is -0.272. The zero-order chi connectivity index (χ0) is 20.9. The van der Waals surface area contributed by atoms with Crippen LogP contribution in [0.15, 0.2) is 11.6 Å². The molecule has 2 nitrogen and oxygen atoms in total. The maximum absolute atomic E-state index is 6.90. The lowest BCUT2D eigenvalue weighted by Crippen LogP contribution is -2.52. The fourth-order valence-electron chi connectivity index (χ4n) is 9.63. The summed E-state index contributed by atoms with van der Waals surface area (Å²) in [6, 6.07) is 0. The van der Waals surface area contributed by atoms with Crippen molar-refractivity contribution in [2.45, 2.75) is 103 Å². The maximum atomic E-state index is 6.90. The van der Waals surface area contributed by atoms with Gasteiger partial charge in [0, 0.05) is 17.7 Å². The first-order chi connectivity index (χ1) is 14.3. The predicted octanol–water partition coefficient (Wildman–Crippen LogP) is 6.96. The largest absolute Gasteiger partial charge is 0.349 e. The van der Waals surface area contributed by atoms with Gasteiger partial charge in [-0.25, -0.2) is 0 Å². The van der Waals surface area contributed by atoms with E-state index in [2.05, 4.69) is 33.8 Å². The highest BCUT2D eigenvalue weighted by atomic mass is 35.5. The second-order valence-electron chi connectivity index (χ2n) is 12.6. The number of hydrogen-bond donors (Lipinski definition) is 0. The summed E-state index contributed by atoms with van der Waals surface area (Å²) in [5.74, 6) is 4.11. The minimum absolute atomic E-state index is 0.281. The smallest absolute Gasteiger partial charge is 0.171 e. The molecule has 0 aromatic rings. The van der Waals surface area contributed by atoms with E-state index < -0.39 is 0 Å². The molecule has 1 spiro atoms. The van der Waals surface area contributed by atoms with E-state index >= 15 is 0 Å². The zero-order valence-corrected chi connectivity index (χ0v) is 20.2. The molecule has 0 unspecified atom stereocenters. The van der Waals surface area contributed by atoms with Crippen molar-refractivity contribution in [3.05, 3.63) is 11.6 Å². The van der Waals surface area contributed by atoms with E-state index in [1.807, 2.05) is 0 Å². The van der Waals surface area contributed by atoms with Gasteiger partial charge < -0.3 is 9.47 Å². The molecule has 0 amide bonds. The first-order valence-corrected chi connectivity index (χ1v) is 13.4. The highest BCUT2D eigenvalue weighted by molar-refractivity contribution is 6.20. The average Bonchev–Trinajstić information content (AvgIpc) is 3.16. The third kappa shape index (κ3) is 2.62. The topological polar surface area (TPSA) is 18.5 Å². The van der Waals surface area contributed by atoms with E-state index in [1.54, 1.807) is 5.57 Å². The minimum atomic E-state index is -0.281. The van der Waals surface area contributed by atoms with Crippen molar-refractivity contribution in [1.82, 2.24) is 0 Å². The molecule has 2 aliphatic heterocycles. The van der Waals surface area contributed by atoms with Gasteiger partial charge in [-0.2, -0.15) is 0 Å². The Morgan fingerprint density at radius 1 is 1.03 bits per heavy atom. The number of allylic oxidation sites excluding steroid dienone is 2. The van der Waals surface area contributed by atoms with Crippen molar-refractivity contribution >= 4 is 11.6 Å². The lowest BCUT2D eigenvalue weighted by atomic mass is 9.47. The first kappa shape index (κ1) is 20.5. The van der Waals surface area contributed by atoms with Gasteiger partial charge in [0.1, 0.15) is 0 Å². The molecule has 2 heterocycles. The standard InChI is InChI=1S/C27H41ClO2/c1-16-7-12-27(29-15-16)17(2)24-23(30-27)14-22-20-6-5-18-13-19(28)8-10-25(18,3)21(20)9-11-26(22,24)4/h5,16-17,19-24H,6-15H2,1-4H3/t16-,17-,19-,20+,21-,22-,23-,24-,25-,26-,27+/m0/s1. The SMILES string of the molecule is C[C@H]1CC[C@@]2(OC1)O[C@H]1C[C@H]3[C@@H]4CC=C5C[C@@H](Cl)CC[C@]5(C)[C@H]4CC[C@]3(C)[C@H]1[C@@H]2C. The highest BCUT2D eigenvalue weighted by Gasteiger charge is 2.68. The maximum Gasteiger partial charge on any atom is 0.171 e. The summed E-state index contributed by atoms with van der Waals surface area (Å²) >= 11 is 6.58. The Kier molecular flexibility index (Phi) is 4.61. The molecule has 0 aromatic heterocycles. The van der Waals surface area contributed by atoms with Crippen molar-refractivity contribution in [3.8, 4) is 0 Å². The van der Waals surface area contributed by atoms with Gasteiger partial charge in [-0.15, -0.1) is 11.6 Å². The normalized spacial score (nSPS) is 59.8. The second-order valence-corrected chi connectivity index (χ2v) is 13.2. The lowest BCUT2D eigenvalue weighted by Gasteiger charge is -2.58. The summed E-state index contributed by atoms with van der Waals surface area (Å²) in [5, 5.41) is 0.365. The van der Waals surface area contributed by atoms with Crippen LogP contribution in [0.3, 0.4) is 0 Å². The molecule has 6 rings (SSSR count). The summed E-state index contributed by atoms with van der Waals surface area (Å²) in [4.78, 5) is 0. The summed E-state index contributed by atoms with van der Waals surface area (Å²) in [5.41, 5.74) is 2.53. The minimum Gasteiger partial charge on any atom is -0.349 e. The molecule has 3 heteroatoms. The fraction of sp³-hybridized carbons (Fsp3) is 0.926. The van der Waals surface area contributed by atoms with E-state index in [-0.39, 0.29) is 5.79 Å². The van der Waals surface area contributed by atoms with Gasteiger partial charge in [-0.3, -0.25) is 0 Å². The molecule has 3 saturated carbocycles. The molecular formula is C27H41ClO2. The van der Waals surface area contributed by atoms with Crippen LogP contribution in [0.4, 0.5) is 0 Å². The van der Waals surface area contributed by atoms with Gasteiger partial charge in [-0.05, 0) is 91.8 Å². The molecule has 30 heavy (non-hydrogen) atoms. The molecule has 4 aliphatic carbocycles. The van der Waals surface area contributed by atoms with Crippen LogP contribution in [0.1, 0.15) is 85.5 Å². The summed E-state index contributed by atoms with van der Waals surface area (Å²) in [6.07, 6.45) is 14.4. The highest BCUT2D eigenvalue weighted by Crippen LogP contribution is 2.70. The van der Waals surface area contributed by atoms with Gasteiger partial charge in [-0.1, -0.05) is 39.3 Å². The Bertz CT molecular complexity index is 739. The van der Waals surface area contributed by atoms with Crippen molar-refractivity contribution in [3.63, 3.8) is 0 Å². The molecule has 2 saturated heterocycles. The van der Waals surface area contributed by atoms with Crippen molar-refractivity contribution in [2.24, 2.45) is 46.3 Å². The second kappa shape index (κ2) is 6.73. The zero-order valence-electron chi connectivity index (χ0n) is 19.5. The Balaban J connectivity index is 1.28. The van der Waals surface area contributed by atoms with E-state index in [0.29, 0.717) is 40.1 Å². The number of fused-ring (bicyclic) bond motifs is 7. The van der Waals surface area contributed by atoms with Crippen LogP contribution < -0.4 is 0 Å². The molecular weight excluding hydrogens is 392 g/mol. The quantitative estimate of drug-likeness (QED) is 0.304. The number of rotatable bonds is 0. The van der Waals surface area contributed by atoms with Crippen LogP contribution in [0.2, 0.25) is 0 Å². The molecule has 5 fully saturated rings. The van der Waals surface area contributed by atoms with Crippen molar-refractivity contribution in [1.29, 1.82) is 0 Å². The van der Waals surface area contributed by atoms with Crippen LogP contribution in [0.25, 0.3) is 0 Å². The van der Waals surface area contributed by atoms with Crippen LogP contribution in [0.5, 0.6) is 0 Å². The van der Waals surface area contributed by atoms with Gasteiger partial charge in [0.15, 0.2) is 5.79 Å². The van der Waals surface area contributed by atoms with Crippen LogP contribution in [-0.4, -0.2) is 23.9 Å². The fourth-order valence-corrected chi connectivity index (χ4v) is 9.91. The van der Waals surface area contributed by atoms with E-state index in [1.165, 1.54) is 44.9 Å². The van der Waals surface area contributed by atoms with Crippen LogP contribution >= 0.6 is 11.6 Å². The van der Waals surface area contributed by atoms with E-state index in [0.717, 1.165) is 37.2 Å². The molecule has 6 aliphatic rings. The molecule has 0 bridgehead atoms. The summed E-state index contributed by atoms with van der Waals surface area (Å²) < 4.78 is 13.4. The summed E-state index contributed by atoms with van der Waals surface area (Å²) in [6.45, 7) is 10.9. The number of alkyl halides is 1. The van der Waals surface area contributed by atoms with Gasteiger partial charge in [0.05, 0.1) is 12.7 Å². The molecule has 168 valence electrons. The average molecular weight is 433 g/mol. The van der Waals surface area contributed by atoms with Crippen LogP contribution in [0, 0.1) is 46.3 Å². The Hall–Kier alpha value is -0.0500. The third-order valence-corrected chi connectivity index (χ3v) is 11.7. The van der Waals surface area contributed by atoms with Gasteiger partial charge in [0.25, 0.3) is 0 Å². The number of ether oxygens (including phenoxy) is 2. The first-order valence-electron chi connectivity index (χ1n) is 12.9. The molecule has 0 N–H and O–H groups in total. The predicted molar refractivity (Wildman–Crippen MR) is 121 cm³/mol. The van der Waals surface area contributed by atoms with Crippen molar-refractivity contribution in [2.75, 3.05) is 6.61 Å². The number of hydrogen-bond acceptors (Lipinski definition) is 2. The third-order valence-electron chi connectivity index (χ3n) is 11.3. The van der Waals surface area contributed by atoms with Gasteiger partial charge >= 0.3 is 0 Å². The van der Waals surface area contributed by atoms with Crippen LogP contribution in [-0.2, 0) is 9.47 Å².